The van der Waals surface area contributed by atoms with Crippen LogP contribution in [0.15, 0.2) is 0 Å². The lowest BCUT2D eigenvalue weighted by Crippen LogP contribution is -2.34. The van der Waals surface area contributed by atoms with E-state index in [1.807, 2.05) is 0 Å². The molecule has 0 unspecified atom stereocenters. The first-order chi connectivity index (χ1) is 5.90. The Balaban J connectivity index is 1.69. The molecule has 0 spiro atoms. The molecule has 2 fully saturated rings. The van der Waals surface area contributed by atoms with Crippen molar-refractivity contribution >= 4 is 0 Å². The zero-order valence-electron chi connectivity index (χ0n) is 7.63. The van der Waals surface area contributed by atoms with Gasteiger partial charge in [0.25, 0.3) is 0 Å². The summed E-state index contributed by atoms with van der Waals surface area (Å²) in [6, 6.07) is 0.787. The van der Waals surface area contributed by atoms with Crippen LogP contribution >= 0.6 is 0 Å². The molecule has 0 aromatic heterocycles. The quantitative estimate of drug-likeness (QED) is 0.619. The van der Waals surface area contributed by atoms with Crippen LogP contribution in [-0.4, -0.2) is 24.3 Å². The first-order valence-electron chi connectivity index (χ1n) is 5.24. The third-order valence-electron chi connectivity index (χ3n) is 3.48. The number of aliphatic hydroxyl groups excluding tert-OH is 1. The Morgan fingerprint density at radius 3 is 2.75 bits per heavy atom. The molecule has 2 bridgehead atoms. The molecule has 2 rings (SSSR count). The van der Waals surface area contributed by atoms with E-state index < -0.39 is 0 Å². The van der Waals surface area contributed by atoms with Crippen LogP contribution < -0.4 is 5.32 Å². The second-order valence-electron chi connectivity index (χ2n) is 4.31. The van der Waals surface area contributed by atoms with Crippen molar-refractivity contribution in [3.63, 3.8) is 0 Å². The molecule has 0 aliphatic heterocycles. The summed E-state index contributed by atoms with van der Waals surface area (Å²) in [7, 11) is 0. The number of fused-ring (bicyclic) bond motifs is 2. The Morgan fingerprint density at radius 1 is 1.25 bits per heavy atom. The zero-order valence-corrected chi connectivity index (χ0v) is 7.63. The molecule has 0 aromatic carbocycles. The van der Waals surface area contributed by atoms with Crippen LogP contribution in [0.3, 0.4) is 0 Å². The van der Waals surface area contributed by atoms with E-state index in [-0.39, 0.29) is 0 Å². The molecular formula is C10H19NO. The largest absolute Gasteiger partial charge is 0.396 e. The molecule has 2 heteroatoms. The predicted molar refractivity (Wildman–Crippen MR) is 48.9 cm³/mol. The van der Waals surface area contributed by atoms with Gasteiger partial charge in [-0.25, -0.2) is 0 Å². The van der Waals surface area contributed by atoms with Crippen molar-refractivity contribution in [1.82, 2.24) is 5.32 Å². The summed E-state index contributed by atoms with van der Waals surface area (Å²) < 4.78 is 0. The minimum absolute atomic E-state index is 0.327. The van der Waals surface area contributed by atoms with E-state index >= 15 is 0 Å². The highest BCUT2D eigenvalue weighted by Crippen LogP contribution is 2.44. The first-order valence-corrected chi connectivity index (χ1v) is 5.24. The maximum absolute atomic E-state index is 8.63. The van der Waals surface area contributed by atoms with Gasteiger partial charge in [0.2, 0.25) is 0 Å². The molecule has 2 aliphatic rings. The summed E-state index contributed by atoms with van der Waals surface area (Å²) in [6.45, 7) is 1.33. The van der Waals surface area contributed by atoms with Crippen LogP contribution in [0.1, 0.15) is 32.1 Å². The average molecular weight is 169 g/mol. The fourth-order valence-electron chi connectivity index (χ4n) is 2.86. The Morgan fingerprint density at radius 2 is 2.17 bits per heavy atom. The zero-order chi connectivity index (χ0) is 8.39. The molecule has 0 heterocycles. The van der Waals surface area contributed by atoms with Gasteiger partial charge in [-0.1, -0.05) is 6.42 Å². The van der Waals surface area contributed by atoms with Gasteiger partial charge in [-0.05, 0) is 44.1 Å². The molecular weight excluding hydrogens is 150 g/mol. The number of aliphatic hydroxyl groups is 1. The topological polar surface area (TPSA) is 32.3 Å². The Labute approximate surface area is 74.4 Å². The van der Waals surface area contributed by atoms with E-state index in [1.54, 1.807) is 0 Å². The van der Waals surface area contributed by atoms with Gasteiger partial charge in [0, 0.05) is 12.6 Å². The van der Waals surface area contributed by atoms with Crippen LogP contribution in [-0.2, 0) is 0 Å². The SMILES string of the molecule is OCCCN[C@H]1C[C@H]2CC[C@H]1C2. The average Bonchev–Trinajstić information content (AvgIpc) is 2.65. The fourth-order valence-corrected chi connectivity index (χ4v) is 2.86. The second kappa shape index (κ2) is 3.75. The number of hydrogen-bond donors (Lipinski definition) is 2. The van der Waals surface area contributed by atoms with Gasteiger partial charge in [-0.2, -0.15) is 0 Å². The van der Waals surface area contributed by atoms with E-state index in [4.69, 9.17) is 5.11 Å². The minimum atomic E-state index is 0.327. The van der Waals surface area contributed by atoms with Crippen molar-refractivity contribution in [1.29, 1.82) is 0 Å². The van der Waals surface area contributed by atoms with Crippen LogP contribution in [0.4, 0.5) is 0 Å². The molecule has 0 amide bonds. The molecule has 2 nitrogen and oxygen atoms in total. The molecule has 3 atom stereocenters. The van der Waals surface area contributed by atoms with Crippen LogP contribution in [0.25, 0.3) is 0 Å². The molecule has 70 valence electrons. The van der Waals surface area contributed by atoms with Crippen molar-refractivity contribution in [2.24, 2.45) is 11.8 Å². The van der Waals surface area contributed by atoms with E-state index in [9.17, 15) is 0 Å². The Kier molecular flexibility index (Phi) is 2.66. The number of hydrogen-bond acceptors (Lipinski definition) is 2. The number of rotatable bonds is 4. The molecule has 12 heavy (non-hydrogen) atoms. The highest BCUT2D eigenvalue weighted by molar-refractivity contribution is 4.93. The van der Waals surface area contributed by atoms with Crippen LogP contribution in [0.2, 0.25) is 0 Å². The third-order valence-corrected chi connectivity index (χ3v) is 3.48. The van der Waals surface area contributed by atoms with Gasteiger partial charge in [-0.3, -0.25) is 0 Å². The van der Waals surface area contributed by atoms with Gasteiger partial charge < -0.3 is 10.4 Å². The second-order valence-corrected chi connectivity index (χ2v) is 4.31. The first kappa shape index (κ1) is 8.52. The highest BCUT2D eigenvalue weighted by atomic mass is 16.3. The lowest BCUT2D eigenvalue weighted by Gasteiger charge is -2.22. The van der Waals surface area contributed by atoms with Gasteiger partial charge in [0.1, 0.15) is 0 Å². The van der Waals surface area contributed by atoms with Crippen molar-refractivity contribution in [3.8, 4) is 0 Å². The normalized spacial score (nSPS) is 39.2. The van der Waals surface area contributed by atoms with Crippen LogP contribution in [0, 0.1) is 11.8 Å². The van der Waals surface area contributed by atoms with E-state index in [2.05, 4.69) is 5.32 Å². The summed E-state index contributed by atoms with van der Waals surface area (Å²) in [6.07, 6.45) is 6.70. The summed E-state index contributed by atoms with van der Waals surface area (Å²) in [5, 5.41) is 12.2. The van der Waals surface area contributed by atoms with E-state index in [0.29, 0.717) is 6.61 Å². The molecule has 0 radical (unpaired) electrons. The third kappa shape index (κ3) is 1.64. The van der Waals surface area contributed by atoms with Gasteiger partial charge >= 0.3 is 0 Å². The van der Waals surface area contributed by atoms with Crippen molar-refractivity contribution in [3.05, 3.63) is 0 Å². The summed E-state index contributed by atoms with van der Waals surface area (Å²) in [5.74, 6) is 2.00. The van der Waals surface area contributed by atoms with E-state index in [0.717, 1.165) is 30.8 Å². The summed E-state index contributed by atoms with van der Waals surface area (Å²) in [4.78, 5) is 0. The lowest BCUT2D eigenvalue weighted by atomic mass is 9.95. The van der Waals surface area contributed by atoms with Gasteiger partial charge in [-0.15, -0.1) is 0 Å². The van der Waals surface area contributed by atoms with Crippen molar-refractivity contribution < 1.29 is 5.11 Å². The van der Waals surface area contributed by atoms with Crippen molar-refractivity contribution in [2.75, 3.05) is 13.2 Å². The fraction of sp³-hybridized carbons (Fsp3) is 1.00. The molecule has 0 aromatic rings. The standard InChI is InChI=1S/C10H19NO/c12-5-1-4-11-10-7-8-2-3-9(10)6-8/h8-12H,1-7H2/t8-,9-,10-/m0/s1. The molecule has 2 aliphatic carbocycles. The van der Waals surface area contributed by atoms with Crippen LogP contribution in [0.5, 0.6) is 0 Å². The minimum Gasteiger partial charge on any atom is -0.396 e. The highest BCUT2D eigenvalue weighted by Gasteiger charge is 2.38. The summed E-state index contributed by atoms with van der Waals surface area (Å²) >= 11 is 0. The Hall–Kier alpha value is -0.0800. The lowest BCUT2D eigenvalue weighted by molar-refractivity contribution is 0.274. The number of nitrogens with one attached hydrogen (secondary N) is 1. The monoisotopic (exact) mass is 169 g/mol. The summed E-state index contributed by atoms with van der Waals surface area (Å²) in [5.41, 5.74) is 0. The molecule has 2 saturated carbocycles. The van der Waals surface area contributed by atoms with Gasteiger partial charge in [0.15, 0.2) is 0 Å². The maximum atomic E-state index is 8.63. The van der Waals surface area contributed by atoms with Crippen molar-refractivity contribution in [2.45, 2.75) is 38.1 Å². The molecule has 2 N–H and O–H groups in total. The molecule has 0 saturated heterocycles. The maximum Gasteiger partial charge on any atom is 0.0443 e. The smallest absolute Gasteiger partial charge is 0.0443 e. The predicted octanol–water partition coefficient (Wildman–Crippen LogP) is 1.15. The Bertz CT molecular complexity index is 149. The van der Waals surface area contributed by atoms with E-state index in [1.165, 1.54) is 25.7 Å². The van der Waals surface area contributed by atoms with Gasteiger partial charge in [0.05, 0.1) is 0 Å².